The van der Waals surface area contributed by atoms with Crippen LogP contribution < -0.4 is 0 Å². The number of thiophene rings is 4. The molecule has 0 fully saturated rings. The first kappa shape index (κ1) is 15.7. The van der Waals surface area contributed by atoms with Crippen molar-refractivity contribution in [2.75, 3.05) is 0 Å². The molecule has 0 radical (unpaired) electrons. The first-order chi connectivity index (χ1) is 11.8. The van der Waals surface area contributed by atoms with Gasteiger partial charge in [-0.1, -0.05) is 0 Å². The summed E-state index contributed by atoms with van der Waals surface area (Å²) in [5.74, 6) is 0. The van der Waals surface area contributed by atoms with Gasteiger partial charge >= 0.3 is 0 Å². The Hall–Kier alpha value is -1.86. The second-order valence-corrected chi connectivity index (χ2v) is 9.37. The van der Waals surface area contributed by atoms with E-state index in [2.05, 4.69) is 24.3 Å². The highest BCUT2D eigenvalue weighted by Gasteiger charge is 2.11. The van der Waals surface area contributed by atoms with Gasteiger partial charge in [0, 0.05) is 29.3 Å². The van der Waals surface area contributed by atoms with E-state index in [1.807, 2.05) is 24.3 Å². The molecule has 0 aliphatic rings. The molecule has 0 bridgehead atoms. The van der Waals surface area contributed by atoms with Gasteiger partial charge < -0.3 is 0 Å². The predicted octanol–water partition coefficient (Wildman–Crippen LogP) is 6.56. The maximum Gasteiger partial charge on any atom is 0.160 e. The molecule has 6 heteroatoms. The van der Waals surface area contributed by atoms with Crippen molar-refractivity contribution >= 4 is 57.9 Å². The summed E-state index contributed by atoms with van der Waals surface area (Å²) in [6.07, 6.45) is 1.78. The van der Waals surface area contributed by atoms with Crippen LogP contribution in [0.2, 0.25) is 0 Å². The standard InChI is InChI=1S/C18H10O2S4/c19-9-11-1-3-13(21-11)15-5-7-17(23-15)18-8-6-16(24-18)14-4-2-12(10-20)22-14/h1-10H. The Kier molecular flexibility index (Phi) is 4.28. The Morgan fingerprint density at radius 1 is 0.458 bits per heavy atom. The zero-order valence-corrected chi connectivity index (χ0v) is 15.5. The largest absolute Gasteiger partial charge is 0.297 e. The quantitative estimate of drug-likeness (QED) is 0.364. The van der Waals surface area contributed by atoms with Crippen molar-refractivity contribution in [2.45, 2.75) is 0 Å². The summed E-state index contributed by atoms with van der Waals surface area (Å²) in [5, 5.41) is 0. The molecular weight excluding hydrogens is 376 g/mol. The summed E-state index contributed by atoms with van der Waals surface area (Å²) in [5.41, 5.74) is 0. The minimum Gasteiger partial charge on any atom is -0.297 e. The van der Waals surface area contributed by atoms with Crippen LogP contribution >= 0.6 is 45.3 Å². The summed E-state index contributed by atoms with van der Waals surface area (Å²) < 4.78 is 0. The van der Waals surface area contributed by atoms with E-state index in [4.69, 9.17) is 0 Å². The lowest BCUT2D eigenvalue weighted by Crippen LogP contribution is -1.62. The van der Waals surface area contributed by atoms with Crippen LogP contribution in [0.5, 0.6) is 0 Å². The number of hydrogen-bond donors (Lipinski definition) is 0. The Morgan fingerprint density at radius 2 is 0.750 bits per heavy atom. The summed E-state index contributed by atoms with van der Waals surface area (Å²) in [6.45, 7) is 0. The molecule has 0 N–H and O–H groups in total. The number of carbonyl (C=O) groups is 2. The van der Waals surface area contributed by atoms with Gasteiger partial charge in [0.05, 0.1) is 9.75 Å². The SMILES string of the molecule is O=Cc1ccc(-c2ccc(-c3ccc(-c4ccc(C=O)s4)s3)s2)s1. The highest BCUT2D eigenvalue weighted by Crippen LogP contribution is 2.42. The molecule has 0 aliphatic heterocycles. The molecule has 0 saturated heterocycles. The van der Waals surface area contributed by atoms with E-state index >= 15 is 0 Å². The van der Waals surface area contributed by atoms with E-state index in [-0.39, 0.29) is 0 Å². The van der Waals surface area contributed by atoms with E-state index in [0.717, 1.165) is 32.1 Å². The van der Waals surface area contributed by atoms with Gasteiger partial charge in [-0.2, -0.15) is 0 Å². The Labute approximate surface area is 154 Å². The van der Waals surface area contributed by atoms with Crippen LogP contribution in [0.3, 0.4) is 0 Å². The molecule has 0 aromatic carbocycles. The summed E-state index contributed by atoms with van der Waals surface area (Å²) in [7, 11) is 0. The van der Waals surface area contributed by atoms with Gasteiger partial charge in [-0.25, -0.2) is 0 Å². The third kappa shape index (κ3) is 2.93. The lowest BCUT2D eigenvalue weighted by atomic mass is 10.3. The Morgan fingerprint density at radius 3 is 1.04 bits per heavy atom. The molecule has 4 aromatic heterocycles. The van der Waals surface area contributed by atoms with Gasteiger partial charge in [-0.05, 0) is 48.5 Å². The van der Waals surface area contributed by atoms with Crippen LogP contribution in [0.1, 0.15) is 19.3 Å². The van der Waals surface area contributed by atoms with Gasteiger partial charge in [-0.15, -0.1) is 45.3 Å². The van der Waals surface area contributed by atoms with E-state index in [9.17, 15) is 9.59 Å². The number of hydrogen-bond acceptors (Lipinski definition) is 6. The minimum atomic E-state index is 0.752. The zero-order chi connectivity index (χ0) is 16.5. The maximum atomic E-state index is 10.8. The normalized spacial score (nSPS) is 10.8. The fourth-order valence-corrected chi connectivity index (χ4v) is 6.23. The van der Waals surface area contributed by atoms with Gasteiger partial charge in [-0.3, -0.25) is 9.59 Å². The highest BCUT2D eigenvalue weighted by atomic mass is 32.1. The molecule has 0 saturated carbocycles. The van der Waals surface area contributed by atoms with Crippen LogP contribution in [0.4, 0.5) is 0 Å². The number of rotatable bonds is 5. The molecule has 0 atom stereocenters. The molecule has 4 aromatic rings. The van der Waals surface area contributed by atoms with Crippen molar-refractivity contribution in [1.82, 2.24) is 0 Å². The minimum absolute atomic E-state index is 0.752. The lowest BCUT2D eigenvalue weighted by molar-refractivity contribution is 0.111. The van der Waals surface area contributed by atoms with Crippen LogP contribution in [0.25, 0.3) is 29.3 Å². The highest BCUT2D eigenvalue weighted by molar-refractivity contribution is 7.28. The van der Waals surface area contributed by atoms with Crippen molar-refractivity contribution in [2.24, 2.45) is 0 Å². The first-order valence-electron chi connectivity index (χ1n) is 7.07. The van der Waals surface area contributed by atoms with Crippen molar-refractivity contribution in [3.63, 3.8) is 0 Å². The monoisotopic (exact) mass is 386 g/mol. The van der Waals surface area contributed by atoms with Gasteiger partial charge in [0.1, 0.15) is 0 Å². The molecule has 4 heterocycles. The fourth-order valence-electron chi connectivity index (χ4n) is 2.30. The van der Waals surface area contributed by atoms with E-state index < -0.39 is 0 Å². The van der Waals surface area contributed by atoms with Crippen molar-refractivity contribution < 1.29 is 9.59 Å². The Bertz CT molecular complexity index is 933. The second-order valence-electron chi connectivity index (χ2n) is 4.97. The van der Waals surface area contributed by atoms with Crippen LogP contribution in [-0.2, 0) is 0 Å². The molecule has 0 aliphatic carbocycles. The maximum absolute atomic E-state index is 10.8. The van der Waals surface area contributed by atoms with Crippen molar-refractivity contribution in [3.05, 3.63) is 58.3 Å². The molecule has 0 unspecified atom stereocenters. The summed E-state index contributed by atoms with van der Waals surface area (Å²) in [6, 6.07) is 16.2. The average molecular weight is 387 g/mol. The van der Waals surface area contributed by atoms with Crippen molar-refractivity contribution in [1.29, 1.82) is 0 Å². The van der Waals surface area contributed by atoms with Crippen LogP contribution in [0.15, 0.2) is 48.5 Å². The first-order valence-corrected chi connectivity index (χ1v) is 10.3. The molecular formula is C18H10O2S4. The summed E-state index contributed by atoms with van der Waals surface area (Å²) >= 11 is 6.50. The number of aldehydes is 2. The van der Waals surface area contributed by atoms with Crippen molar-refractivity contribution in [3.8, 4) is 29.3 Å². The van der Waals surface area contributed by atoms with Crippen LogP contribution in [0, 0.1) is 0 Å². The summed E-state index contributed by atoms with van der Waals surface area (Å²) in [4.78, 5) is 30.2. The molecule has 0 spiro atoms. The number of carbonyl (C=O) groups excluding carboxylic acids is 2. The molecule has 4 rings (SSSR count). The second kappa shape index (κ2) is 6.57. The van der Waals surface area contributed by atoms with Gasteiger partial charge in [0.15, 0.2) is 12.6 Å². The molecule has 2 nitrogen and oxygen atoms in total. The lowest BCUT2D eigenvalue weighted by Gasteiger charge is -1.91. The van der Waals surface area contributed by atoms with Gasteiger partial charge in [0.25, 0.3) is 0 Å². The Balaban J connectivity index is 1.63. The van der Waals surface area contributed by atoms with Crippen LogP contribution in [-0.4, -0.2) is 12.6 Å². The fraction of sp³-hybridized carbons (Fsp3) is 0. The third-order valence-electron chi connectivity index (χ3n) is 3.43. The molecule has 118 valence electrons. The van der Waals surface area contributed by atoms with Gasteiger partial charge in [0.2, 0.25) is 0 Å². The van der Waals surface area contributed by atoms with E-state index in [1.54, 1.807) is 22.7 Å². The smallest absolute Gasteiger partial charge is 0.160 e. The third-order valence-corrected chi connectivity index (χ3v) is 8.21. The molecule has 24 heavy (non-hydrogen) atoms. The zero-order valence-electron chi connectivity index (χ0n) is 12.2. The predicted molar refractivity (Wildman–Crippen MR) is 105 cm³/mol. The van der Waals surface area contributed by atoms with E-state index in [1.165, 1.54) is 42.2 Å². The molecule has 0 amide bonds. The van der Waals surface area contributed by atoms with E-state index in [0.29, 0.717) is 0 Å². The topological polar surface area (TPSA) is 34.1 Å². The average Bonchev–Trinajstić information content (AvgIpc) is 3.40.